The summed E-state index contributed by atoms with van der Waals surface area (Å²) in [4.78, 5) is 0. The molecule has 0 aliphatic rings. The first-order chi connectivity index (χ1) is 5.26. The molecule has 0 aromatic heterocycles. The topological polar surface area (TPSA) is 23.9 Å². The lowest BCUT2D eigenvalue weighted by molar-refractivity contribution is 1.48. The molecule has 60 valence electrons. The Bertz CT molecular complexity index is 207. The Morgan fingerprint density at radius 1 is 1.00 bits per heavy atom. The summed E-state index contributed by atoms with van der Waals surface area (Å²) in [6, 6.07) is 0. The average molecular weight is 149 g/mol. The van der Waals surface area contributed by atoms with Crippen LogP contribution in [0.1, 0.15) is 20.8 Å². The van der Waals surface area contributed by atoms with Gasteiger partial charge >= 0.3 is 0 Å². The van der Waals surface area contributed by atoms with Gasteiger partial charge in [-0.25, -0.2) is 0 Å². The molecule has 0 bridgehead atoms. The van der Waals surface area contributed by atoms with Crippen LogP contribution in [0, 0.1) is 5.41 Å². The second-order valence-corrected chi connectivity index (χ2v) is 2.16. The zero-order valence-corrected chi connectivity index (χ0v) is 7.39. The highest BCUT2D eigenvalue weighted by atomic mass is 14.4. The van der Waals surface area contributed by atoms with Crippen molar-refractivity contribution in [2.45, 2.75) is 20.8 Å². The molecule has 0 atom stereocenters. The molecule has 11 heavy (non-hydrogen) atoms. The van der Waals surface area contributed by atoms with E-state index >= 15 is 0 Å². The molecule has 0 spiro atoms. The second-order valence-electron chi connectivity index (χ2n) is 2.16. The van der Waals surface area contributed by atoms with Crippen molar-refractivity contribution in [1.29, 1.82) is 5.41 Å². The lowest BCUT2D eigenvalue weighted by atomic mass is 10.1. The van der Waals surface area contributed by atoms with E-state index in [1.54, 1.807) is 6.08 Å². The smallest absolute Gasteiger partial charge is 0.0605 e. The van der Waals surface area contributed by atoms with Gasteiger partial charge in [-0.05, 0) is 32.4 Å². The zero-order valence-electron chi connectivity index (χ0n) is 7.39. The Kier molecular flexibility index (Phi) is 5.09. The van der Waals surface area contributed by atoms with E-state index in [0.717, 1.165) is 5.57 Å². The fourth-order valence-electron chi connectivity index (χ4n) is 0.784. The van der Waals surface area contributed by atoms with Gasteiger partial charge in [0.25, 0.3) is 0 Å². The minimum atomic E-state index is 0.563. The van der Waals surface area contributed by atoms with Crippen molar-refractivity contribution in [2.75, 3.05) is 0 Å². The van der Waals surface area contributed by atoms with Gasteiger partial charge in [-0.2, -0.15) is 0 Å². The Morgan fingerprint density at radius 3 is 1.91 bits per heavy atom. The SMILES string of the molecule is C/C=C\C(=N)C(/C=C\C)=C/C. The van der Waals surface area contributed by atoms with E-state index < -0.39 is 0 Å². The van der Waals surface area contributed by atoms with Crippen LogP contribution in [0.3, 0.4) is 0 Å². The molecule has 0 rings (SSSR count). The van der Waals surface area contributed by atoms with Crippen LogP contribution in [0.15, 0.2) is 36.0 Å². The van der Waals surface area contributed by atoms with Crippen molar-refractivity contribution in [3.8, 4) is 0 Å². The highest BCUT2D eigenvalue weighted by molar-refractivity contribution is 6.08. The molecule has 0 saturated heterocycles. The maximum Gasteiger partial charge on any atom is 0.0605 e. The third kappa shape index (κ3) is 3.56. The van der Waals surface area contributed by atoms with Crippen molar-refractivity contribution in [1.82, 2.24) is 0 Å². The summed E-state index contributed by atoms with van der Waals surface area (Å²) >= 11 is 0. The van der Waals surface area contributed by atoms with E-state index in [1.807, 2.05) is 45.1 Å². The number of nitrogens with one attached hydrogen (secondary N) is 1. The summed E-state index contributed by atoms with van der Waals surface area (Å²) in [5.74, 6) is 0. The molecule has 0 heterocycles. The van der Waals surface area contributed by atoms with E-state index in [4.69, 9.17) is 5.41 Å². The molecule has 0 amide bonds. The molecular weight excluding hydrogens is 134 g/mol. The molecule has 0 aromatic carbocycles. The molecule has 0 aliphatic carbocycles. The van der Waals surface area contributed by atoms with Crippen LogP contribution in [0.25, 0.3) is 0 Å². The molecule has 0 aromatic rings. The predicted molar refractivity (Wildman–Crippen MR) is 51.1 cm³/mol. The Hall–Kier alpha value is -1.11. The van der Waals surface area contributed by atoms with Crippen molar-refractivity contribution in [3.05, 3.63) is 36.0 Å². The molecule has 1 heteroatoms. The van der Waals surface area contributed by atoms with Crippen molar-refractivity contribution >= 4 is 5.71 Å². The Labute approximate surface area is 68.6 Å². The highest BCUT2D eigenvalue weighted by Crippen LogP contribution is 2.00. The van der Waals surface area contributed by atoms with E-state index in [9.17, 15) is 0 Å². The lowest BCUT2D eigenvalue weighted by Crippen LogP contribution is -1.92. The maximum absolute atomic E-state index is 7.54. The molecule has 1 nitrogen and oxygen atoms in total. The summed E-state index contributed by atoms with van der Waals surface area (Å²) in [5.41, 5.74) is 1.53. The quantitative estimate of drug-likeness (QED) is 0.471. The number of hydrogen-bond donors (Lipinski definition) is 1. The number of hydrogen-bond acceptors (Lipinski definition) is 1. The predicted octanol–water partition coefficient (Wildman–Crippen LogP) is 3.10. The van der Waals surface area contributed by atoms with Crippen LogP contribution in [0.4, 0.5) is 0 Å². The summed E-state index contributed by atoms with van der Waals surface area (Å²) < 4.78 is 0. The van der Waals surface area contributed by atoms with Gasteiger partial charge in [-0.1, -0.05) is 24.3 Å². The first-order valence-electron chi connectivity index (χ1n) is 3.76. The van der Waals surface area contributed by atoms with Gasteiger partial charge in [0.2, 0.25) is 0 Å². The third-order valence-corrected chi connectivity index (χ3v) is 1.30. The third-order valence-electron chi connectivity index (χ3n) is 1.30. The van der Waals surface area contributed by atoms with Crippen LogP contribution in [0.5, 0.6) is 0 Å². The van der Waals surface area contributed by atoms with Gasteiger partial charge in [0.1, 0.15) is 0 Å². The average Bonchev–Trinajstić information content (AvgIpc) is 2.00. The normalized spacial score (nSPS) is 13.2. The maximum atomic E-state index is 7.54. The number of allylic oxidation sites excluding steroid dienone is 6. The number of rotatable bonds is 3. The molecule has 0 aliphatic heterocycles. The van der Waals surface area contributed by atoms with Crippen LogP contribution in [-0.4, -0.2) is 5.71 Å². The highest BCUT2D eigenvalue weighted by Gasteiger charge is 1.92. The lowest BCUT2D eigenvalue weighted by Gasteiger charge is -1.96. The van der Waals surface area contributed by atoms with Gasteiger partial charge in [-0.3, -0.25) is 0 Å². The van der Waals surface area contributed by atoms with Crippen LogP contribution in [0.2, 0.25) is 0 Å². The molecule has 0 unspecified atom stereocenters. The van der Waals surface area contributed by atoms with Gasteiger partial charge < -0.3 is 5.41 Å². The fourth-order valence-corrected chi connectivity index (χ4v) is 0.784. The first kappa shape index (κ1) is 9.89. The molecule has 0 saturated carbocycles. The van der Waals surface area contributed by atoms with Crippen LogP contribution >= 0.6 is 0 Å². The molecule has 0 fully saturated rings. The van der Waals surface area contributed by atoms with Crippen molar-refractivity contribution < 1.29 is 0 Å². The molecular formula is C10H15N. The van der Waals surface area contributed by atoms with Gasteiger partial charge in [0, 0.05) is 0 Å². The van der Waals surface area contributed by atoms with Gasteiger partial charge in [0.05, 0.1) is 5.71 Å². The Balaban J connectivity index is 4.41. The van der Waals surface area contributed by atoms with Gasteiger partial charge in [0.15, 0.2) is 0 Å². The van der Waals surface area contributed by atoms with Gasteiger partial charge in [-0.15, -0.1) is 0 Å². The summed E-state index contributed by atoms with van der Waals surface area (Å²) in [7, 11) is 0. The minimum Gasteiger partial charge on any atom is -0.300 e. The summed E-state index contributed by atoms with van der Waals surface area (Å²) in [6.07, 6.45) is 9.46. The van der Waals surface area contributed by atoms with Crippen LogP contribution in [-0.2, 0) is 0 Å². The fraction of sp³-hybridized carbons (Fsp3) is 0.300. The summed E-state index contributed by atoms with van der Waals surface area (Å²) in [5, 5.41) is 7.54. The van der Waals surface area contributed by atoms with Crippen molar-refractivity contribution in [3.63, 3.8) is 0 Å². The molecule has 1 N–H and O–H groups in total. The van der Waals surface area contributed by atoms with Crippen LogP contribution < -0.4 is 0 Å². The molecule has 0 radical (unpaired) electrons. The van der Waals surface area contributed by atoms with E-state index in [0.29, 0.717) is 5.71 Å². The monoisotopic (exact) mass is 149 g/mol. The second kappa shape index (κ2) is 5.66. The first-order valence-corrected chi connectivity index (χ1v) is 3.76. The van der Waals surface area contributed by atoms with Crippen molar-refractivity contribution in [2.24, 2.45) is 0 Å². The zero-order chi connectivity index (χ0) is 8.69. The van der Waals surface area contributed by atoms with E-state index in [1.165, 1.54) is 0 Å². The van der Waals surface area contributed by atoms with E-state index in [-0.39, 0.29) is 0 Å². The Morgan fingerprint density at radius 2 is 1.55 bits per heavy atom. The largest absolute Gasteiger partial charge is 0.300 e. The minimum absolute atomic E-state index is 0.563. The standard InChI is InChI=1S/C10H15N/c1-4-7-9(6-3)10(11)8-5-2/h4-8,11H,1-3H3/b7-4-,8-5-,9-6+,11-10?. The summed E-state index contributed by atoms with van der Waals surface area (Å²) in [6.45, 7) is 5.80. The van der Waals surface area contributed by atoms with E-state index in [2.05, 4.69) is 0 Å².